The van der Waals surface area contributed by atoms with Crippen molar-refractivity contribution in [3.05, 3.63) is 24.2 Å². The van der Waals surface area contributed by atoms with Crippen LogP contribution in [-0.4, -0.2) is 54.7 Å². The molecule has 0 unspecified atom stereocenters. The molecular weight excluding hydrogens is 312 g/mol. The summed E-state index contributed by atoms with van der Waals surface area (Å²) in [4.78, 5) is 5.37. The molecule has 1 atom stereocenters. The van der Waals surface area contributed by atoms with Crippen LogP contribution in [0.2, 0.25) is 0 Å². The van der Waals surface area contributed by atoms with Gasteiger partial charge in [0.05, 0.1) is 18.9 Å². The van der Waals surface area contributed by atoms with E-state index < -0.39 is 0 Å². The van der Waals surface area contributed by atoms with E-state index in [1.165, 1.54) is 71.0 Å². The zero-order chi connectivity index (χ0) is 16.9. The molecule has 1 aromatic rings. The van der Waals surface area contributed by atoms with E-state index in [4.69, 9.17) is 9.15 Å². The lowest BCUT2D eigenvalue weighted by molar-refractivity contribution is 0.0515. The molecule has 2 saturated heterocycles. The van der Waals surface area contributed by atoms with Crippen molar-refractivity contribution in [1.82, 2.24) is 9.80 Å². The minimum Gasteiger partial charge on any atom is -0.468 e. The first kappa shape index (κ1) is 17.6. The van der Waals surface area contributed by atoms with Crippen molar-refractivity contribution < 1.29 is 9.15 Å². The first-order valence-electron chi connectivity index (χ1n) is 10.5. The van der Waals surface area contributed by atoms with E-state index in [0.29, 0.717) is 6.10 Å². The number of rotatable bonds is 7. The maximum atomic E-state index is 5.90. The van der Waals surface area contributed by atoms with Crippen molar-refractivity contribution in [2.24, 2.45) is 5.92 Å². The van der Waals surface area contributed by atoms with Gasteiger partial charge in [0.15, 0.2) is 0 Å². The number of nitrogens with zero attached hydrogens (tertiary/aromatic N) is 2. The molecule has 4 rings (SSSR count). The van der Waals surface area contributed by atoms with Gasteiger partial charge in [-0.15, -0.1) is 0 Å². The van der Waals surface area contributed by atoms with Crippen LogP contribution in [-0.2, 0) is 11.3 Å². The topological polar surface area (TPSA) is 28.9 Å². The number of likely N-dealkylation sites (tertiary alicyclic amines) is 1. The van der Waals surface area contributed by atoms with E-state index in [1.807, 2.05) is 6.07 Å². The molecule has 0 N–H and O–H groups in total. The Morgan fingerprint density at radius 3 is 2.52 bits per heavy atom. The van der Waals surface area contributed by atoms with E-state index in [-0.39, 0.29) is 0 Å². The summed E-state index contributed by atoms with van der Waals surface area (Å²) in [6.45, 7) is 6.74. The van der Waals surface area contributed by atoms with E-state index in [0.717, 1.165) is 37.4 Å². The Morgan fingerprint density at radius 2 is 1.84 bits per heavy atom. The van der Waals surface area contributed by atoms with Gasteiger partial charge in [0, 0.05) is 25.7 Å². The lowest BCUT2D eigenvalue weighted by Crippen LogP contribution is -2.43. The molecule has 25 heavy (non-hydrogen) atoms. The van der Waals surface area contributed by atoms with Crippen LogP contribution >= 0.6 is 0 Å². The third-order valence-corrected chi connectivity index (χ3v) is 6.45. The highest BCUT2D eigenvalue weighted by Crippen LogP contribution is 2.28. The van der Waals surface area contributed by atoms with Crippen LogP contribution in [0.1, 0.15) is 57.1 Å². The van der Waals surface area contributed by atoms with Gasteiger partial charge in [-0.05, 0) is 69.7 Å². The number of furan rings is 1. The van der Waals surface area contributed by atoms with Crippen molar-refractivity contribution in [1.29, 1.82) is 0 Å². The standard InChI is InChI=1S/C21H34N2O2/c1-2-6-19(5-1)23-11-9-18(10-12-23)15-22(16-20-7-3-13-24-20)17-21-8-4-14-25-21/h3,7,13,18-19,21H,1-2,4-6,8-12,14-17H2/t21-/m0/s1. The summed E-state index contributed by atoms with van der Waals surface area (Å²) in [5.41, 5.74) is 0. The lowest BCUT2D eigenvalue weighted by atomic mass is 9.94. The number of piperidine rings is 1. The number of hydrogen-bond donors (Lipinski definition) is 0. The summed E-state index contributed by atoms with van der Waals surface area (Å²) in [7, 11) is 0. The van der Waals surface area contributed by atoms with Crippen LogP contribution in [0.25, 0.3) is 0 Å². The minimum absolute atomic E-state index is 0.425. The van der Waals surface area contributed by atoms with Crippen molar-refractivity contribution in [2.45, 2.75) is 70.1 Å². The Hall–Kier alpha value is -0.840. The summed E-state index contributed by atoms with van der Waals surface area (Å²) >= 11 is 0. The average Bonchev–Trinajstić information content (AvgIpc) is 3.39. The Bertz CT molecular complexity index is 484. The molecule has 0 amide bonds. The van der Waals surface area contributed by atoms with Crippen molar-refractivity contribution in [2.75, 3.05) is 32.8 Å². The fourth-order valence-corrected chi connectivity index (χ4v) is 5.04. The highest BCUT2D eigenvalue weighted by atomic mass is 16.5. The van der Waals surface area contributed by atoms with Gasteiger partial charge in [0.2, 0.25) is 0 Å². The molecule has 3 aliphatic rings. The molecule has 140 valence electrons. The summed E-state index contributed by atoms with van der Waals surface area (Å²) in [5, 5.41) is 0. The Labute approximate surface area is 152 Å². The summed E-state index contributed by atoms with van der Waals surface area (Å²) in [5.74, 6) is 1.91. The molecule has 1 aliphatic carbocycles. The molecule has 4 nitrogen and oxygen atoms in total. The van der Waals surface area contributed by atoms with Gasteiger partial charge in [-0.3, -0.25) is 4.90 Å². The van der Waals surface area contributed by atoms with Gasteiger partial charge < -0.3 is 14.1 Å². The van der Waals surface area contributed by atoms with Crippen LogP contribution < -0.4 is 0 Å². The molecule has 3 fully saturated rings. The molecule has 0 bridgehead atoms. The van der Waals surface area contributed by atoms with E-state index in [9.17, 15) is 0 Å². The van der Waals surface area contributed by atoms with Gasteiger partial charge in [-0.2, -0.15) is 0 Å². The van der Waals surface area contributed by atoms with Gasteiger partial charge in [0.1, 0.15) is 5.76 Å². The zero-order valence-electron chi connectivity index (χ0n) is 15.6. The smallest absolute Gasteiger partial charge is 0.117 e. The second kappa shape index (κ2) is 8.70. The average molecular weight is 347 g/mol. The van der Waals surface area contributed by atoms with Crippen LogP contribution in [0.15, 0.2) is 22.8 Å². The Morgan fingerprint density at radius 1 is 1.00 bits per heavy atom. The lowest BCUT2D eigenvalue weighted by Gasteiger charge is -2.38. The van der Waals surface area contributed by atoms with Gasteiger partial charge in [-0.25, -0.2) is 0 Å². The summed E-state index contributed by atoms with van der Waals surface area (Å²) < 4.78 is 11.5. The van der Waals surface area contributed by atoms with Crippen LogP contribution in [0, 0.1) is 5.92 Å². The molecule has 3 heterocycles. The number of hydrogen-bond acceptors (Lipinski definition) is 4. The summed E-state index contributed by atoms with van der Waals surface area (Å²) in [6.07, 6.45) is 13.1. The largest absolute Gasteiger partial charge is 0.468 e. The van der Waals surface area contributed by atoms with Crippen LogP contribution in [0.5, 0.6) is 0 Å². The van der Waals surface area contributed by atoms with Crippen LogP contribution in [0.4, 0.5) is 0 Å². The monoisotopic (exact) mass is 346 g/mol. The van der Waals surface area contributed by atoms with E-state index >= 15 is 0 Å². The molecular formula is C21H34N2O2. The van der Waals surface area contributed by atoms with Gasteiger partial charge in [0.25, 0.3) is 0 Å². The van der Waals surface area contributed by atoms with Crippen molar-refractivity contribution in [3.8, 4) is 0 Å². The van der Waals surface area contributed by atoms with Gasteiger partial charge >= 0.3 is 0 Å². The molecule has 1 aromatic heterocycles. The van der Waals surface area contributed by atoms with Crippen LogP contribution in [0.3, 0.4) is 0 Å². The third-order valence-electron chi connectivity index (χ3n) is 6.45. The SMILES string of the molecule is c1coc(CN(CC2CCN(C3CCCC3)CC2)C[C@@H]2CCCO2)c1. The van der Waals surface area contributed by atoms with Gasteiger partial charge in [-0.1, -0.05) is 12.8 Å². The second-order valence-electron chi connectivity index (χ2n) is 8.33. The minimum atomic E-state index is 0.425. The number of ether oxygens (including phenoxy) is 1. The molecule has 0 spiro atoms. The Kier molecular flexibility index (Phi) is 6.11. The maximum absolute atomic E-state index is 5.90. The second-order valence-corrected chi connectivity index (χ2v) is 8.33. The molecule has 0 radical (unpaired) electrons. The van der Waals surface area contributed by atoms with E-state index in [1.54, 1.807) is 6.26 Å². The fourth-order valence-electron chi connectivity index (χ4n) is 5.04. The summed E-state index contributed by atoms with van der Waals surface area (Å²) in [6, 6.07) is 5.00. The van der Waals surface area contributed by atoms with Crippen molar-refractivity contribution >= 4 is 0 Å². The molecule has 2 aliphatic heterocycles. The first-order chi connectivity index (χ1) is 12.4. The molecule has 0 aromatic carbocycles. The highest BCUT2D eigenvalue weighted by molar-refractivity contribution is 4.98. The predicted octanol–water partition coefficient (Wildman–Crippen LogP) is 3.92. The van der Waals surface area contributed by atoms with E-state index in [2.05, 4.69) is 15.9 Å². The fraction of sp³-hybridized carbons (Fsp3) is 0.810. The third kappa shape index (κ3) is 4.87. The first-order valence-corrected chi connectivity index (χ1v) is 10.5. The molecule has 4 heteroatoms. The maximum Gasteiger partial charge on any atom is 0.117 e. The zero-order valence-corrected chi connectivity index (χ0v) is 15.6. The quantitative estimate of drug-likeness (QED) is 0.748. The normalized spacial score (nSPS) is 26.8. The highest BCUT2D eigenvalue weighted by Gasteiger charge is 2.29. The Balaban J connectivity index is 1.28. The van der Waals surface area contributed by atoms with Crippen molar-refractivity contribution in [3.63, 3.8) is 0 Å². The molecule has 1 saturated carbocycles. The predicted molar refractivity (Wildman–Crippen MR) is 99.5 cm³/mol.